The van der Waals surface area contributed by atoms with Crippen LogP contribution in [0.4, 0.5) is 0 Å². The van der Waals surface area contributed by atoms with Crippen LogP contribution < -0.4 is 5.32 Å². The predicted octanol–water partition coefficient (Wildman–Crippen LogP) is 2.46. The van der Waals surface area contributed by atoms with Crippen LogP contribution in [0.25, 0.3) is 0 Å². The van der Waals surface area contributed by atoms with Gasteiger partial charge >= 0.3 is 0 Å². The second-order valence-electron chi connectivity index (χ2n) is 3.65. The SMILES string of the molecule is CC(Cc1ccsc1)NCc1cnoc1. The zero-order valence-corrected chi connectivity index (χ0v) is 9.46. The molecule has 0 bridgehead atoms. The third-order valence-corrected chi connectivity index (χ3v) is 2.99. The number of hydrogen-bond donors (Lipinski definition) is 1. The van der Waals surface area contributed by atoms with E-state index in [0.29, 0.717) is 6.04 Å². The van der Waals surface area contributed by atoms with Gasteiger partial charge in [0.1, 0.15) is 6.26 Å². The highest BCUT2D eigenvalue weighted by Crippen LogP contribution is 2.08. The molecular weight excluding hydrogens is 208 g/mol. The fourth-order valence-electron chi connectivity index (χ4n) is 1.44. The summed E-state index contributed by atoms with van der Waals surface area (Å²) in [5, 5.41) is 11.4. The first-order chi connectivity index (χ1) is 7.34. The Morgan fingerprint density at radius 1 is 1.53 bits per heavy atom. The van der Waals surface area contributed by atoms with E-state index in [-0.39, 0.29) is 0 Å². The molecule has 15 heavy (non-hydrogen) atoms. The molecule has 1 atom stereocenters. The molecule has 1 N–H and O–H groups in total. The van der Waals surface area contributed by atoms with Gasteiger partial charge in [-0.2, -0.15) is 11.3 Å². The van der Waals surface area contributed by atoms with Gasteiger partial charge in [-0.3, -0.25) is 0 Å². The van der Waals surface area contributed by atoms with Crippen molar-refractivity contribution < 1.29 is 4.52 Å². The predicted molar refractivity (Wildman–Crippen MR) is 60.8 cm³/mol. The molecule has 0 aliphatic rings. The minimum Gasteiger partial charge on any atom is -0.364 e. The van der Waals surface area contributed by atoms with Gasteiger partial charge in [0.05, 0.1) is 6.20 Å². The molecule has 0 spiro atoms. The van der Waals surface area contributed by atoms with Crippen molar-refractivity contribution >= 4 is 11.3 Å². The summed E-state index contributed by atoms with van der Waals surface area (Å²) in [4.78, 5) is 0. The molecule has 2 heterocycles. The zero-order chi connectivity index (χ0) is 10.5. The third kappa shape index (κ3) is 3.18. The summed E-state index contributed by atoms with van der Waals surface area (Å²) in [6, 6.07) is 2.64. The van der Waals surface area contributed by atoms with Crippen molar-refractivity contribution in [3.8, 4) is 0 Å². The highest BCUT2D eigenvalue weighted by molar-refractivity contribution is 7.07. The van der Waals surface area contributed by atoms with Gasteiger partial charge in [-0.05, 0) is 35.7 Å². The normalized spacial score (nSPS) is 12.9. The molecule has 0 amide bonds. The number of hydrogen-bond acceptors (Lipinski definition) is 4. The number of thiophene rings is 1. The fourth-order valence-corrected chi connectivity index (χ4v) is 2.12. The molecule has 3 nitrogen and oxygen atoms in total. The quantitative estimate of drug-likeness (QED) is 0.844. The van der Waals surface area contributed by atoms with Crippen molar-refractivity contribution in [3.05, 3.63) is 40.4 Å². The van der Waals surface area contributed by atoms with Gasteiger partial charge in [0.2, 0.25) is 0 Å². The second kappa shape index (κ2) is 5.09. The van der Waals surface area contributed by atoms with Crippen LogP contribution in [0.1, 0.15) is 18.1 Å². The smallest absolute Gasteiger partial charge is 0.128 e. The summed E-state index contributed by atoms with van der Waals surface area (Å²) in [5.74, 6) is 0. The molecular formula is C11H14N2OS. The van der Waals surface area contributed by atoms with Crippen molar-refractivity contribution in [3.63, 3.8) is 0 Å². The van der Waals surface area contributed by atoms with Crippen LogP contribution in [0.5, 0.6) is 0 Å². The monoisotopic (exact) mass is 222 g/mol. The van der Waals surface area contributed by atoms with Crippen LogP contribution >= 0.6 is 11.3 Å². The maximum Gasteiger partial charge on any atom is 0.128 e. The lowest BCUT2D eigenvalue weighted by Gasteiger charge is -2.11. The summed E-state index contributed by atoms with van der Waals surface area (Å²) in [6.07, 6.45) is 4.48. The summed E-state index contributed by atoms with van der Waals surface area (Å²) in [7, 11) is 0. The summed E-state index contributed by atoms with van der Waals surface area (Å²) in [6.45, 7) is 3.00. The number of nitrogens with zero attached hydrogens (tertiary/aromatic N) is 1. The second-order valence-corrected chi connectivity index (χ2v) is 4.43. The Morgan fingerprint density at radius 2 is 2.47 bits per heavy atom. The molecule has 1 unspecified atom stereocenters. The van der Waals surface area contributed by atoms with E-state index in [9.17, 15) is 0 Å². The first-order valence-corrected chi connectivity index (χ1v) is 5.91. The minimum absolute atomic E-state index is 0.467. The van der Waals surface area contributed by atoms with E-state index < -0.39 is 0 Å². The highest BCUT2D eigenvalue weighted by Gasteiger charge is 2.04. The van der Waals surface area contributed by atoms with E-state index in [1.807, 2.05) is 0 Å². The van der Waals surface area contributed by atoms with Gasteiger partial charge in [-0.1, -0.05) is 5.16 Å². The third-order valence-electron chi connectivity index (χ3n) is 2.26. The first-order valence-electron chi connectivity index (χ1n) is 4.97. The van der Waals surface area contributed by atoms with Crippen molar-refractivity contribution in [1.82, 2.24) is 10.5 Å². The molecule has 0 radical (unpaired) electrons. The molecule has 0 saturated heterocycles. The van der Waals surface area contributed by atoms with Crippen LogP contribution in [0.2, 0.25) is 0 Å². The summed E-state index contributed by atoms with van der Waals surface area (Å²) in [5.41, 5.74) is 2.48. The number of aromatic nitrogens is 1. The van der Waals surface area contributed by atoms with E-state index in [4.69, 9.17) is 4.52 Å². The highest BCUT2D eigenvalue weighted by atomic mass is 32.1. The zero-order valence-electron chi connectivity index (χ0n) is 8.64. The van der Waals surface area contributed by atoms with E-state index in [1.54, 1.807) is 23.8 Å². The lowest BCUT2D eigenvalue weighted by molar-refractivity contribution is 0.418. The van der Waals surface area contributed by atoms with Crippen molar-refractivity contribution in [2.45, 2.75) is 25.9 Å². The average molecular weight is 222 g/mol. The lowest BCUT2D eigenvalue weighted by Crippen LogP contribution is -2.27. The number of rotatable bonds is 5. The number of nitrogens with one attached hydrogen (secondary N) is 1. The summed E-state index contributed by atoms with van der Waals surface area (Å²) < 4.78 is 4.76. The Balaban J connectivity index is 1.76. The Kier molecular flexibility index (Phi) is 3.53. The Morgan fingerprint density at radius 3 is 3.13 bits per heavy atom. The minimum atomic E-state index is 0.467. The molecule has 0 fully saturated rings. The van der Waals surface area contributed by atoms with Gasteiger partial charge in [0.25, 0.3) is 0 Å². The average Bonchev–Trinajstić information content (AvgIpc) is 2.86. The van der Waals surface area contributed by atoms with E-state index in [0.717, 1.165) is 18.5 Å². The van der Waals surface area contributed by atoms with Crippen LogP contribution in [0, 0.1) is 0 Å². The standard InChI is InChI=1S/C11H14N2OS/c1-9(4-10-2-3-15-8-10)12-5-11-6-13-14-7-11/h2-3,6-9,12H,4-5H2,1H3. The van der Waals surface area contributed by atoms with Crippen LogP contribution in [-0.4, -0.2) is 11.2 Å². The van der Waals surface area contributed by atoms with Crippen molar-refractivity contribution in [2.75, 3.05) is 0 Å². The fraction of sp³-hybridized carbons (Fsp3) is 0.364. The molecule has 4 heteroatoms. The Labute approximate surface area is 93.1 Å². The topological polar surface area (TPSA) is 38.1 Å². The maximum absolute atomic E-state index is 4.76. The largest absolute Gasteiger partial charge is 0.364 e. The van der Waals surface area contributed by atoms with Crippen LogP contribution in [0.3, 0.4) is 0 Å². The van der Waals surface area contributed by atoms with Gasteiger partial charge in [-0.25, -0.2) is 0 Å². The molecule has 0 aliphatic carbocycles. The first kappa shape index (κ1) is 10.4. The molecule has 80 valence electrons. The van der Waals surface area contributed by atoms with Crippen molar-refractivity contribution in [2.24, 2.45) is 0 Å². The molecule has 2 aromatic rings. The molecule has 0 saturated carbocycles. The lowest BCUT2D eigenvalue weighted by atomic mass is 10.1. The van der Waals surface area contributed by atoms with Gasteiger partial charge in [0.15, 0.2) is 0 Å². The van der Waals surface area contributed by atoms with E-state index in [1.165, 1.54) is 5.56 Å². The summed E-state index contributed by atoms with van der Waals surface area (Å²) >= 11 is 1.74. The van der Waals surface area contributed by atoms with E-state index >= 15 is 0 Å². The van der Waals surface area contributed by atoms with Crippen LogP contribution in [-0.2, 0) is 13.0 Å². The molecule has 2 aromatic heterocycles. The molecule has 0 aliphatic heterocycles. The van der Waals surface area contributed by atoms with Crippen LogP contribution in [0.15, 0.2) is 33.8 Å². The Hall–Kier alpha value is -1.13. The molecule has 2 rings (SSSR count). The maximum atomic E-state index is 4.76. The Bertz CT molecular complexity index is 369. The van der Waals surface area contributed by atoms with Gasteiger partial charge < -0.3 is 9.84 Å². The van der Waals surface area contributed by atoms with Gasteiger partial charge in [0, 0.05) is 18.2 Å². The van der Waals surface area contributed by atoms with Gasteiger partial charge in [-0.15, -0.1) is 0 Å². The van der Waals surface area contributed by atoms with Crippen molar-refractivity contribution in [1.29, 1.82) is 0 Å². The molecule has 0 aromatic carbocycles. The van der Waals surface area contributed by atoms with E-state index in [2.05, 4.69) is 34.2 Å².